The van der Waals surface area contributed by atoms with E-state index in [0.29, 0.717) is 62.2 Å². The molecule has 8 aromatic heterocycles. The summed E-state index contributed by atoms with van der Waals surface area (Å²) in [5.41, 5.74) is 23.7. The zero-order valence-corrected chi connectivity index (χ0v) is 52.3. The van der Waals surface area contributed by atoms with Crippen LogP contribution in [0.25, 0.3) is 62.5 Å². The minimum absolute atomic E-state index is 0.143. The highest BCUT2D eigenvalue weighted by molar-refractivity contribution is 7.31. The molecule has 0 aliphatic rings. The van der Waals surface area contributed by atoms with Crippen molar-refractivity contribution in [3.05, 3.63) is 188 Å². The Labute approximate surface area is 530 Å². The van der Waals surface area contributed by atoms with Gasteiger partial charge in [0.15, 0.2) is 0 Å². The van der Waals surface area contributed by atoms with Crippen molar-refractivity contribution in [1.82, 2.24) is 35.2 Å². The summed E-state index contributed by atoms with van der Waals surface area (Å²) < 4.78 is 23.2. The molecule has 0 spiro atoms. The molecule has 0 aliphatic carbocycles. The number of aromatic nitrogens is 6. The van der Waals surface area contributed by atoms with Gasteiger partial charge in [-0.2, -0.15) is 20.5 Å². The van der Waals surface area contributed by atoms with Crippen LogP contribution in [-0.2, 0) is 31.0 Å². The molecule has 25 heteroatoms. The van der Waals surface area contributed by atoms with E-state index < -0.39 is 6.09 Å². The summed E-state index contributed by atoms with van der Waals surface area (Å²) in [7, 11) is 3.95. The molecule has 12 rings (SSSR count). The number of benzene rings is 4. The van der Waals surface area contributed by atoms with Crippen molar-refractivity contribution in [2.45, 2.75) is 26.3 Å². The lowest BCUT2D eigenvalue weighted by Crippen LogP contribution is -2.28. The summed E-state index contributed by atoms with van der Waals surface area (Å²) in [6.07, 6.45) is 6.47. The third kappa shape index (κ3) is 16.6. The molecule has 19 nitrogen and oxygen atoms in total. The van der Waals surface area contributed by atoms with E-state index in [1.165, 1.54) is 20.7 Å². The second-order valence-corrected chi connectivity index (χ2v) is 25.7. The van der Waals surface area contributed by atoms with Gasteiger partial charge in [0.1, 0.15) is 53.6 Å². The summed E-state index contributed by atoms with van der Waals surface area (Å²) in [6, 6.07) is 48.2. The smallest absolute Gasteiger partial charge is 0.407 e. The zero-order chi connectivity index (χ0) is 61.4. The summed E-state index contributed by atoms with van der Waals surface area (Å²) in [5, 5.41) is 34.9. The van der Waals surface area contributed by atoms with Crippen LogP contribution in [0.1, 0.15) is 42.0 Å². The molecule has 0 radical (unpaired) electrons. The van der Waals surface area contributed by atoms with Gasteiger partial charge in [0.05, 0.1) is 54.7 Å². The Bertz CT molecular complexity index is 4350. The van der Waals surface area contributed by atoms with Crippen molar-refractivity contribution in [2.24, 2.45) is 5.73 Å². The third-order valence-electron chi connectivity index (χ3n) is 12.9. The number of aliphatic hydroxyl groups excluding tert-OH is 1. The number of hydrogen-bond donors (Lipinski definition) is 5. The number of nitrogens with two attached hydrogens (primary N) is 3. The number of nitrogen functional groups attached to an aromatic ring is 2. The highest BCUT2D eigenvalue weighted by atomic mass is 32.1. The number of nitriles is 2. The fourth-order valence-corrected chi connectivity index (χ4v) is 14.8. The molecule has 0 atom stereocenters. The number of aliphatic hydroxyl groups is 1. The summed E-state index contributed by atoms with van der Waals surface area (Å²) in [6.45, 7) is 3.17. The van der Waals surface area contributed by atoms with Crippen LogP contribution < -0.4 is 41.8 Å². The lowest BCUT2D eigenvalue weighted by molar-refractivity contribution is 0.148. The van der Waals surface area contributed by atoms with Gasteiger partial charge in [0, 0.05) is 74.7 Å². The van der Waals surface area contributed by atoms with Crippen molar-refractivity contribution in [3.8, 4) is 24.2 Å². The molecule has 4 aromatic carbocycles. The maximum atomic E-state index is 12.3. The number of para-hydroxylation sites is 2. The van der Waals surface area contributed by atoms with E-state index in [2.05, 4.69) is 81.4 Å². The number of nitrogens with zero attached hydrogens (tertiary/aromatic N) is 10. The molecule has 0 bridgehead atoms. The molecule has 0 aliphatic heterocycles. The van der Waals surface area contributed by atoms with Gasteiger partial charge in [0.25, 0.3) is 0 Å². The van der Waals surface area contributed by atoms with Gasteiger partial charge in [-0.1, -0.05) is 72.8 Å². The van der Waals surface area contributed by atoms with Gasteiger partial charge < -0.3 is 51.6 Å². The van der Waals surface area contributed by atoms with Gasteiger partial charge in [0.2, 0.25) is 0 Å². The molecule has 12 aromatic rings. The largest absolute Gasteiger partial charge is 0.459 e. The number of hydrogen-bond acceptors (Lipinski definition) is 24. The van der Waals surface area contributed by atoms with Crippen LogP contribution in [0.4, 0.5) is 26.4 Å². The summed E-state index contributed by atoms with van der Waals surface area (Å²) in [4.78, 5) is 43.6. The van der Waals surface area contributed by atoms with Crippen molar-refractivity contribution in [2.75, 3.05) is 61.7 Å². The van der Waals surface area contributed by atoms with E-state index in [0.717, 1.165) is 81.9 Å². The maximum Gasteiger partial charge on any atom is 0.407 e. The van der Waals surface area contributed by atoms with Crippen LogP contribution in [0.3, 0.4) is 0 Å². The Morgan fingerprint density at radius 2 is 1.03 bits per heavy atom. The Morgan fingerprint density at radius 3 is 1.48 bits per heavy atom. The Hall–Kier alpha value is -9.41. The van der Waals surface area contributed by atoms with Crippen LogP contribution in [0.15, 0.2) is 146 Å². The fourth-order valence-electron chi connectivity index (χ4n) is 8.28. The number of likely N-dealkylation sites (N-methyl/N-ethyl adjacent to an activating group) is 2. The molecule has 0 unspecified atom stereocenters. The monoisotopic (exact) mass is 1280 g/mol. The fraction of sp³-hybridized carbons (Fsp3) is 0.159. The number of rotatable bonds is 20. The predicted molar refractivity (Wildman–Crippen MR) is 360 cm³/mol. The number of amides is 1. The van der Waals surface area contributed by atoms with Crippen molar-refractivity contribution < 1.29 is 24.1 Å². The highest BCUT2D eigenvalue weighted by Gasteiger charge is 2.16. The number of carbonyl (C=O) groups is 1. The maximum absolute atomic E-state index is 12.3. The van der Waals surface area contributed by atoms with Crippen LogP contribution in [-0.4, -0.2) is 81.5 Å². The number of thiophene rings is 4. The van der Waals surface area contributed by atoms with Gasteiger partial charge in [-0.3, -0.25) is 0 Å². The highest BCUT2D eigenvalue weighted by Crippen LogP contribution is 2.41. The number of fused-ring (bicyclic) bond motifs is 4. The quantitative estimate of drug-likeness (QED) is 0.0443. The number of carbonyl (C=O) groups excluding carboxylic acids is 1. The van der Waals surface area contributed by atoms with E-state index in [1.54, 1.807) is 81.2 Å². The molecule has 0 saturated carbocycles. The first-order chi connectivity index (χ1) is 42.9. The molecule has 8 N–H and O–H groups in total. The topological polar surface area (TPSA) is 286 Å². The minimum atomic E-state index is -0.473. The van der Waals surface area contributed by atoms with Gasteiger partial charge in [-0.15, -0.1) is 68.0 Å². The molecule has 8 heterocycles. The number of alkyl carbamates (subject to hydrolysis) is 1. The number of thiazole rings is 2. The summed E-state index contributed by atoms with van der Waals surface area (Å²) in [5.74, 6) is 0.747. The number of anilines is 4. The molecule has 88 heavy (non-hydrogen) atoms. The molecular weight excluding hydrogens is 1230 g/mol. The Balaban J connectivity index is 0.000000166. The van der Waals surface area contributed by atoms with Gasteiger partial charge in [-0.05, 0) is 95.1 Å². The van der Waals surface area contributed by atoms with E-state index in [9.17, 15) is 15.3 Å². The molecule has 444 valence electrons. The first-order valence-electron chi connectivity index (χ1n) is 27.1. The normalized spacial score (nSPS) is 11.3. The third-order valence-corrected chi connectivity index (χ3v) is 19.7. The zero-order valence-electron chi connectivity index (χ0n) is 47.4. The van der Waals surface area contributed by atoms with Crippen molar-refractivity contribution in [1.29, 1.82) is 10.5 Å². The van der Waals surface area contributed by atoms with Gasteiger partial charge >= 0.3 is 18.1 Å². The SMILES string of the molecule is CN(CCO)c1cc2sc(/C=C(\C#N)c3nc4ccccc4s3)cc2s1.CN(CCOC(=O)NCc1ccc(COc2nccc(N)n2)cc1)c1cc2sc(/C=C(\C#N)c3nc4ccccc4s3)cc2s1.NCc1ccc(COc2nccc(N)n2)cc1. The van der Waals surface area contributed by atoms with Crippen LogP contribution in [0.5, 0.6) is 12.0 Å². The van der Waals surface area contributed by atoms with E-state index >= 15 is 0 Å². The molecule has 1 amide bonds. The van der Waals surface area contributed by atoms with Crippen LogP contribution >= 0.6 is 68.0 Å². The Morgan fingerprint density at radius 1 is 0.580 bits per heavy atom. The van der Waals surface area contributed by atoms with E-state index in [4.69, 9.17) is 36.5 Å². The Kier molecular flexibility index (Phi) is 20.9. The second-order valence-electron chi connectivity index (χ2n) is 19.2. The average molecular weight is 1280 g/mol. The molecular formula is C63H56N14O5S6. The van der Waals surface area contributed by atoms with Crippen molar-refractivity contribution >= 4 is 158 Å². The van der Waals surface area contributed by atoms with E-state index in [-0.39, 0.29) is 25.2 Å². The predicted octanol–water partition coefficient (Wildman–Crippen LogP) is 13.1. The van der Waals surface area contributed by atoms with E-state index in [1.807, 2.05) is 123 Å². The number of allylic oxidation sites excluding steroid dienone is 2. The first kappa shape index (κ1) is 61.7. The molecule has 0 saturated heterocycles. The number of ether oxygens (including phenoxy) is 3. The standard InChI is InChI=1S/C32H27N7O3S3.C19H15N3OS3.C12H14N4O/c1-39(12-13-41-32(40)36-18-20-6-8-21(9-7-20)19-42-31-35-11-10-28(34)38-31)29-16-27-26(44-29)15-23(43-27)14-22(17-33)30-37-24-4-2-3-5-25(24)45-30;1-22(6-7-23)18-10-17-16(25-18)9-13(24-17)8-12(11-20)19-21-14-4-2-3-5-15(14)26-19;13-7-9-1-3-10(4-2-9)8-17-12-15-6-5-11(14)16-12/h2-11,14-16H,12-13,18-19H2,1H3,(H,36,40)(H2,34,35,38);2-5,8-10,23H,6-7H2,1H3;1-6H,7-8,13H2,(H2,14,15,16)/b22-14+;12-8+;. The minimum Gasteiger partial charge on any atom is -0.459 e. The van der Waals surface area contributed by atoms with Crippen LogP contribution in [0.2, 0.25) is 0 Å². The number of nitrogens with one attached hydrogen (secondary N) is 1. The first-order valence-corrected chi connectivity index (χ1v) is 32.0. The van der Waals surface area contributed by atoms with Crippen LogP contribution in [0, 0.1) is 22.7 Å². The van der Waals surface area contributed by atoms with Gasteiger partial charge in [-0.25, -0.2) is 24.7 Å². The second kappa shape index (κ2) is 29.8. The average Bonchev–Trinajstić information content (AvgIpc) is 4.23. The lowest BCUT2D eigenvalue weighted by Gasteiger charge is -2.16. The lowest BCUT2D eigenvalue weighted by atomic mass is 10.1. The van der Waals surface area contributed by atoms with Crippen molar-refractivity contribution in [3.63, 3.8) is 0 Å². The summed E-state index contributed by atoms with van der Waals surface area (Å²) >= 11 is 9.74. The molecule has 0 fully saturated rings.